The number of amides is 1. The molecule has 1 amide bonds. The second-order valence-corrected chi connectivity index (χ2v) is 6.40. The number of carbonyl (C=O) groups is 1. The number of rotatable bonds is 2. The number of nitrogens with zero attached hydrogens (tertiary/aromatic N) is 4. The van der Waals surface area contributed by atoms with Gasteiger partial charge in [0.25, 0.3) is 11.5 Å². The minimum Gasteiger partial charge on any atom is -0.337 e. The highest BCUT2D eigenvalue weighted by Crippen LogP contribution is 2.26. The van der Waals surface area contributed by atoms with E-state index >= 15 is 0 Å². The average molecular weight is 337 g/mol. The summed E-state index contributed by atoms with van der Waals surface area (Å²) in [5.74, 6) is 0.833. The Bertz CT molecular complexity index is 982. The van der Waals surface area contributed by atoms with Crippen molar-refractivity contribution in [3.63, 3.8) is 0 Å². The summed E-state index contributed by atoms with van der Waals surface area (Å²) in [5.41, 5.74) is 2.18. The Morgan fingerprint density at radius 1 is 1.24 bits per heavy atom. The molecule has 4 rings (SSSR count). The van der Waals surface area contributed by atoms with Crippen LogP contribution >= 0.6 is 0 Å². The topological polar surface area (TPSA) is 83.4 Å². The van der Waals surface area contributed by atoms with Crippen LogP contribution < -0.4 is 5.56 Å². The number of fused-ring (bicyclic) bond motifs is 1. The number of likely N-dealkylation sites (tertiary alicyclic amines) is 1. The Morgan fingerprint density at radius 2 is 2.04 bits per heavy atom. The maximum atomic E-state index is 12.9. The zero-order valence-corrected chi connectivity index (χ0v) is 14.0. The number of aromatic nitrogens is 4. The first kappa shape index (κ1) is 15.6. The van der Waals surface area contributed by atoms with E-state index in [0.717, 1.165) is 24.1 Å². The van der Waals surface area contributed by atoms with Gasteiger partial charge in [-0.3, -0.25) is 9.59 Å². The molecule has 0 aliphatic carbocycles. The van der Waals surface area contributed by atoms with E-state index in [4.69, 9.17) is 0 Å². The van der Waals surface area contributed by atoms with Crippen LogP contribution in [0.15, 0.2) is 41.3 Å². The van der Waals surface area contributed by atoms with Gasteiger partial charge >= 0.3 is 0 Å². The normalized spacial score (nSPS) is 15.6. The van der Waals surface area contributed by atoms with Gasteiger partial charge in [0.15, 0.2) is 0 Å². The van der Waals surface area contributed by atoms with Gasteiger partial charge in [-0.25, -0.2) is 9.50 Å². The number of hydrogen-bond acceptors (Lipinski definition) is 4. The lowest BCUT2D eigenvalue weighted by molar-refractivity contribution is 0.0703. The second-order valence-electron chi connectivity index (χ2n) is 6.40. The van der Waals surface area contributed by atoms with E-state index in [0.29, 0.717) is 24.6 Å². The van der Waals surface area contributed by atoms with Crippen molar-refractivity contribution < 1.29 is 4.79 Å². The Kier molecular flexibility index (Phi) is 3.83. The van der Waals surface area contributed by atoms with E-state index < -0.39 is 0 Å². The van der Waals surface area contributed by atoms with Gasteiger partial charge in [-0.15, -0.1) is 0 Å². The van der Waals surface area contributed by atoms with Crippen molar-refractivity contribution >= 4 is 11.4 Å². The van der Waals surface area contributed by atoms with Gasteiger partial charge in [0, 0.05) is 25.1 Å². The maximum absolute atomic E-state index is 12.9. The van der Waals surface area contributed by atoms with Crippen molar-refractivity contribution in [2.75, 3.05) is 13.1 Å². The van der Waals surface area contributed by atoms with Crippen molar-refractivity contribution in [2.45, 2.75) is 25.7 Å². The number of nitrogens with one attached hydrogen (secondary N) is 1. The summed E-state index contributed by atoms with van der Waals surface area (Å²) < 4.78 is 1.68. The molecule has 0 atom stereocenters. The Morgan fingerprint density at radius 3 is 2.80 bits per heavy atom. The molecule has 0 spiro atoms. The summed E-state index contributed by atoms with van der Waals surface area (Å²) in [7, 11) is 0. The van der Waals surface area contributed by atoms with Crippen LogP contribution in [0.2, 0.25) is 0 Å². The van der Waals surface area contributed by atoms with Crippen LogP contribution in [-0.2, 0) is 0 Å². The van der Waals surface area contributed by atoms with Crippen LogP contribution in [0.25, 0.3) is 5.52 Å². The number of carbonyl (C=O) groups excluding carboxylic acids is 1. The van der Waals surface area contributed by atoms with Crippen molar-refractivity contribution in [2.24, 2.45) is 0 Å². The molecule has 4 heterocycles. The summed E-state index contributed by atoms with van der Waals surface area (Å²) in [6.45, 7) is 3.08. The third-order valence-corrected chi connectivity index (χ3v) is 4.72. The van der Waals surface area contributed by atoms with E-state index in [1.807, 2.05) is 23.1 Å². The van der Waals surface area contributed by atoms with Crippen LogP contribution in [-0.4, -0.2) is 43.5 Å². The fourth-order valence-electron chi connectivity index (χ4n) is 3.46. The number of aromatic amines is 1. The van der Waals surface area contributed by atoms with Crippen LogP contribution in [0.3, 0.4) is 0 Å². The highest BCUT2D eigenvalue weighted by Gasteiger charge is 2.26. The van der Waals surface area contributed by atoms with Crippen LogP contribution in [0.1, 0.15) is 40.8 Å². The molecule has 7 nitrogen and oxygen atoms in total. The summed E-state index contributed by atoms with van der Waals surface area (Å²) in [4.78, 5) is 33.5. The summed E-state index contributed by atoms with van der Waals surface area (Å²) in [6.07, 6.45) is 3.30. The highest BCUT2D eigenvalue weighted by molar-refractivity contribution is 5.93. The highest BCUT2D eigenvalue weighted by atomic mass is 16.2. The van der Waals surface area contributed by atoms with Gasteiger partial charge in [0.2, 0.25) is 0 Å². The van der Waals surface area contributed by atoms with Gasteiger partial charge in [0.1, 0.15) is 11.5 Å². The van der Waals surface area contributed by atoms with Crippen molar-refractivity contribution in [3.05, 3.63) is 64.1 Å². The van der Waals surface area contributed by atoms with Gasteiger partial charge in [-0.1, -0.05) is 6.07 Å². The molecular formula is C18H19N5O2. The lowest BCUT2D eigenvalue weighted by atomic mass is 9.93. The van der Waals surface area contributed by atoms with Crippen molar-refractivity contribution in [3.8, 4) is 0 Å². The number of aryl methyl sites for hydroxylation is 1. The zero-order valence-electron chi connectivity index (χ0n) is 14.0. The molecule has 0 saturated carbocycles. The molecule has 1 N–H and O–H groups in total. The number of hydrogen-bond donors (Lipinski definition) is 1. The molecule has 1 saturated heterocycles. The van der Waals surface area contributed by atoms with Gasteiger partial charge in [0.05, 0.1) is 17.4 Å². The second kappa shape index (κ2) is 6.16. The average Bonchev–Trinajstić information content (AvgIpc) is 3.09. The van der Waals surface area contributed by atoms with Crippen LogP contribution in [0.4, 0.5) is 0 Å². The molecule has 128 valence electrons. The Labute approximate surface area is 144 Å². The molecule has 3 aromatic rings. The molecule has 0 aromatic carbocycles. The quantitative estimate of drug-likeness (QED) is 0.772. The van der Waals surface area contributed by atoms with Crippen molar-refractivity contribution in [1.82, 2.24) is 24.5 Å². The van der Waals surface area contributed by atoms with Crippen LogP contribution in [0.5, 0.6) is 0 Å². The lowest BCUT2D eigenvalue weighted by Gasteiger charge is -2.31. The fourth-order valence-corrected chi connectivity index (χ4v) is 3.46. The minimum atomic E-state index is -0.119. The lowest BCUT2D eigenvalue weighted by Crippen LogP contribution is -2.39. The van der Waals surface area contributed by atoms with Crippen LogP contribution in [0, 0.1) is 6.92 Å². The predicted molar refractivity (Wildman–Crippen MR) is 92.7 cm³/mol. The first-order chi connectivity index (χ1) is 12.1. The molecule has 1 aliphatic rings. The minimum absolute atomic E-state index is 0.0113. The smallest absolute Gasteiger partial charge is 0.272 e. The van der Waals surface area contributed by atoms with Crippen molar-refractivity contribution in [1.29, 1.82) is 0 Å². The molecule has 25 heavy (non-hydrogen) atoms. The number of H-pyrrole nitrogens is 1. The molecule has 0 radical (unpaired) electrons. The Hall–Kier alpha value is -2.96. The molecule has 3 aromatic heterocycles. The van der Waals surface area contributed by atoms with Gasteiger partial charge in [-0.05, 0) is 38.0 Å². The number of pyridine rings is 1. The van der Waals surface area contributed by atoms with E-state index in [1.54, 1.807) is 29.8 Å². The van der Waals surface area contributed by atoms with E-state index in [2.05, 4.69) is 15.1 Å². The molecule has 1 aliphatic heterocycles. The fraction of sp³-hybridized carbons (Fsp3) is 0.333. The van der Waals surface area contributed by atoms with E-state index in [9.17, 15) is 9.59 Å². The molecule has 0 unspecified atom stereocenters. The molecule has 1 fully saturated rings. The predicted octanol–water partition coefficient (Wildman–Crippen LogP) is 1.75. The largest absolute Gasteiger partial charge is 0.337 e. The first-order valence-corrected chi connectivity index (χ1v) is 8.42. The summed E-state index contributed by atoms with van der Waals surface area (Å²) in [5, 5.41) is 4.24. The number of piperidine rings is 1. The van der Waals surface area contributed by atoms with Gasteiger partial charge < -0.3 is 9.88 Å². The summed E-state index contributed by atoms with van der Waals surface area (Å²) in [6, 6.07) is 9.05. The van der Waals surface area contributed by atoms with E-state index in [1.165, 1.54) is 0 Å². The monoisotopic (exact) mass is 337 g/mol. The first-order valence-electron chi connectivity index (χ1n) is 8.42. The van der Waals surface area contributed by atoms with Gasteiger partial charge in [-0.2, -0.15) is 5.10 Å². The molecule has 7 heteroatoms. The molecule has 0 bridgehead atoms. The third kappa shape index (κ3) is 2.93. The van der Waals surface area contributed by atoms with E-state index in [-0.39, 0.29) is 17.4 Å². The maximum Gasteiger partial charge on any atom is 0.272 e. The molecular weight excluding hydrogens is 318 g/mol. The summed E-state index contributed by atoms with van der Waals surface area (Å²) >= 11 is 0. The zero-order chi connectivity index (χ0) is 17.4. The SMILES string of the molecule is Cc1nc(C2CCN(C(=O)c3cccc4ccnn34)CC2)cc(=O)[nH]1. The third-order valence-electron chi connectivity index (χ3n) is 4.72. The standard InChI is InChI=1S/C18H19N5O2/c1-12-20-15(11-17(24)21-12)13-6-9-22(10-7-13)18(25)16-4-2-3-14-5-8-19-23(14)16/h2-5,8,11,13H,6-7,9-10H2,1H3,(H,20,21,24). The Balaban J connectivity index is 1.51.